The van der Waals surface area contributed by atoms with Crippen molar-refractivity contribution in [1.29, 1.82) is 0 Å². The molecule has 2 saturated heterocycles. The molecule has 0 bridgehead atoms. The van der Waals surface area contributed by atoms with Gasteiger partial charge in [0, 0.05) is 18.6 Å². The normalized spacial score (nSPS) is 26.8. The standard InChI is InChI=1S/C17H23N5O5S.C11H15N5O3Se/c1-4-10(23)26-13-9(6-28-3)25-17(14(13)27-11(24)5-2)22-8-21-12-15(18)19-7-20-16(12)22;1-20-2-5-7(17)8(18)11(19-5)16-4-15-6-9(12)13-3-14-10(6)16/h7-9,13-14,17H,4-6H2,1-3H3,(H2,18,19,20);3-5,7-8,11,17-18H,2H2,1H3,(H2,12,13,14)/t9-,13?,14+,17-;5-,7?,8+,11-/m11/s1. The number of imidazole rings is 2. The first kappa shape index (κ1) is 35.7. The number of fused-ring (bicyclic) bond motifs is 2. The monoisotopic (exact) mass is 754 g/mol. The molecule has 18 nitrogen and oxygen atoms in total. The molecule has 0 spiro atoms. The van der Waals surface area contributed by atoms with Gasteiger partial charge in [-0.05, 0) is 6.26 Å². The van der Waals surface area contributed by atoms with E-state index in [2.05, 4.69) is 35.7 Å². The van der Waals surface area contributed by atoms with Crippen molar-refractivity contribution in [2.45, 2.75) is 86.9 Å². The second-order valence-corrected chi connectivity index (χ2v) is 13.6. The van der Waals surface area contributed by atoms with Gasteiger partial charge in [0.1, 0.15) is 17.9 Å². The quantitative estimate of drug-likeness (QED) is 0.127. The molecule has 8 atom stereocenters. The molecule has 0 amide bonds. The van der Waals surface area contributed by atoms with Crippen molar-refractivity contribution in [3.63, 3.8) is 0 Å². The summed E-state index contributed by atoms with van der Waals surface area (Å²) in [4.78, 5) is 48.6. The van der Waals surface area contributed by atoms with E-state index in [4.69, 9.17) is 30.4 Å². The predicted octanol–water partition coefficient (Wildman–Crippen LogP) is 0.511. The van der Waals surface area contributed by atoms with Crippen molar-refractivity contribution < 1.29 is 38.7 Å². The van der Waals surface area contributed by atoms with Crippen LogP contribution in [-0.4, -0.2) is 125 Å². The van der Waals surface area contributed by atoms with Gasteiger partial charge >= 0.3 is 132 Å². The number of anilines is 2. The number of ether oxygens (including phenoxy) is 4. The molecular weight excluding hydrogens is 715 g/mol. The number of aromatic nitrogens is 8. The number of nitrogen functional groups attached to an aromatic ring is 2. The topological polar surface area (TPSA) is 251 Å². The van der Waals surface area contributed by atoms with Crippen LogP contribution in [0.4, 0.5) is 11.6 Å². The zero-order chi connectivity index (χ0) is 34.5. The Balaban J connectivity index is 0.000000198. The van der Waals surface area contributed by atoms with Crippen LogP contribution in [-0.2, 0) is 28.5 Å². The van der Waals surface area contributed by atoms with Crippen LogP contribution in [0, 0.1) is 0 Å². The van der Waals surface area contributed by atoms with E-state index in [9.17, 15) is 19.8 Å². The molecule has 2 unspecified atom stereocenters. The van der Waals surface area contributed by atoms with Gasteiger partial charge in [-0.15, -0.1) is 0 Å². The van der Waals surface area contributed by atoms with E-state index in [-0.39, 0.29) is 36.6 Å². The minimum atomic E-state index is -1.02. The number of hydrogen-bond donors (Lipinski definition) is 4. The number of hydrogen-bond acceptors (Lipinski definition) is 17. The van der Waals surface area contributed by atoms with E-state index in [0.29, 0.717) is 43.0 Å². The van der Waals surface area contributed by atoms with Crippen molar-refractivity contribution in [2.24, 2.45) is 0 Å². The minimum absolute atomic E-state index is 0.185. The zero-order valence-corrected chi connectivity index (χ0v) is 29.2. The van der Waals surface area contributed by atoms with Crippen LogP contribution >= 0.6 is 11.8 Å². The van der Waals surface area contributed by atoms with Gasteiger partial charge in [0.25, 0.3) is 0 Å². The number of esters is 2. The van der Waals surface area contributed by atoms with Crippen molar-refractivity contribution in [3.8, 4) is 0 Å². The molecule has 4 aromatic heterocycles. The Labute approximate surface area is 285 Å². The van der Waals surface area contributed by atoms with Crippen LogP contribution in [0.25, 0.3) is 22.3 Å². The number of rotatable bonds is 10. The second-order valence-electron chi connectivity index (χ2n) is 10.8. The summed E-state index contributed by atoms with van der Waals surface area (Å²) in [5.41, 5.74) is 13.4. The van der Waals surface area contributed by atoms with Crippen LogP contribution in [0.5, 0.6) is 0 Å². The van der Waals surface area contributed by atoms with Gasteiger partial charge in [-0.25, -0.2) is 15.0 Å². The third kappa shape index (κ3) is 7.19. The molecule has 0 aliphatic carbocycles. The van der Waals surface area contributed by atoms with E-state index in [1.165, 1.54) is 25.3 Å². The van der Waals surface area contributed by atoms with Gasteiger partial charge in [0.15, 0.2) is 29.9 Å². The Bertz CT molecular complexity index is 1730. The Morgan fingerprint density at radius 3 is 1.88 bits per heavy atom. The van der Waals surface area contributed by atoms with Crippen LogP contribution in [0.1, 0.15) is 39.1 Å². The predicted molar refractivity (Wildman–Crippen MR) is 174 cm³/mol. The Hall–Kier alpha value is -3.65. The summed E-state index contributed by atoms with van der Waals surface area (Å²) in [6.07, 6.45) is 2.18. The first-order chi connectivity index (χ1) is 23.1. The molecule has 4 aromatic rings. The summed E-state index contributed by atoms with van der Waals surface area (Å²) >= 11 is 1.89. The van der Waals surface area contributed by atoms with Crippen molar-refractivity contribution in [1.82, 2.24) is 39.0 Å². The zero-order valence-electron chi connectivity index (χ0n) is 26.6. The molecule has 0 aromatic carbocycles. The molecule has 6 N–H and O–H groups in total. The summed E-state index contributed by atoms with van der Waals surface area (Å²) in [5.74, 6) is 2.32. The summed E-state index contributed by atoms with van der Waals surface area (Å²) in [6.45, 7) is 3.40. The first-order valence-corrected chi connectivity index (χ1v) is 19.3. The number of aliphatic hydroxyl groups is 2. The number of nitrogens with zero attached hydrogens (tertiary/aromatic N) is 8. The molecule has 2 aliphatic rings. The van der Waals surface area contributed by atoms with Gasteiger partial charge in [-0.1, -0.05) is 13.8 Å². The summed E-state index contributed by atoms with van der Waals surface area (Å²) in [7, 11) is 0. The molecule has 2 aliphatic heterocycles. The molecule has 20 heteroatoms. The first-order valence-electron chi connectivity index (χ1n) is 15.0. The molecule has 6 rings (SSSR count). The Morgan fingerprint density at radius 2 is 1.35 bits per heavy atom. The average Bonchev–Trinajstić information content (AvgIpc) is 3.85. The van der Waals surface area contributed by atoms with Crippen LogP contribution < -0.4 is 11.5 Å². The molecular formula is C28H38N10O8SSe. The van der Waals surface area contributed by atoms with E-state index in [1.54, 1.807) is 34.7 Å². The van der Waals surface area contributed by atoms with Crippen molar-refractivity contribution in [2.75, 3.05) is 23.5 Å². The van der Waals surface area contributed by atoms with Gasteiger partial charge in [0.05, 0.1) is 6.33 Å². The Kier molecular flexibility index (Phi) is 11.7. The van der Waals surface area contributed by atoms with Gasteiger partial charge in [-0.2, -0.15) is 11.8 Å². The van der Waals surface area contributed by atoms with E-state index in [1.807, 2.05) is 6.26 Å². The maximum atomic E-state index is 12.1. The SMILES string of the molecule is CCC(=O)OC1[C@@H](CSC)O[C@@H](n2cnc3c(N)ncnc32)[C@H]1OC(=O)CC.C[Se]C[C@H]1O[C@@H](n2cnc3c(N)ncnc32)[C@@H](O)C1O. The van der Waals surface area contributed by atoms with Crippen LogP contribution in [0.2, 0.25) is 11.1 Å². The number of carbonyl (C=O) groups excluding carboxylic acids is 2. The molecule has 260 valence electrons. The van der Waals surface area contributed by atoms with Gasteiger partial charge in [-0.3, -0.25) is 14.2 Å². The average molecular weight is 754 g/mol. The molecule has 2 fully saturated rings. The van der Waals surface area contributed by atoms with E-state index < -0.39 is 48.9 Å². The van der Waals surface area contributed by atoms with Gasteiger partial charge < -0.3 is 19.9 Å². The second kappa shape index (κ2) is 15.7. The fourth-order valence-corrected chi connectivity index (χ4v) is 7.21. The third-order valence-electron chi connectivity index (χ3n) is 7.72. The fourth-order valence-electron chi connectivity index (χ4n) is 5.34. The van der Waals surface area contributed by atoms with Crippen molar-refractivity contribution in [3.05, 3.63) is 25.3 Å². The van der Waals surface area contributed by atoms with Gasteiger partial charge in [0.2, 0.25) is 0 Å². The summed E-state index contributed by atoms with van der Waals surface area (Å²) in [5, 5.41) is 20.9. The molecule has 6 heterocycles. The maximum absolute atomic E-state index is 12.1. The van der Waals surface area contributed by atoms with Crippen molar-refractivity contribution >= 4 is 72.6 Å². The number of carbonyl (C=O) groups is 2. The third-order valence-corrected chi connectivity index (χ3v) is 9.77. The molecule has 0 saturated carbocycles. The number of thioether (sulfide) groups is 1. The number of aliphatic hydroxyl groups excluding tert-OH is 2. The number of nitrogens with two attached hydrogens (primary N) is 2. The Morgan fingerprint density at radius 1 is 0.833 bits per heavy atom. The van der Waals surface area contributed by atoms with E-state index in [0.717, 1.165) is 5.32 Å². The van der Waals surface area contributed by atoms with Crippen LogP contribution in [0.3, 0.4) is 0 Å². The molecule has 0 radical (unpaired) electrons. The fraction of sp³-hybridized carbons (Fsp3) is 0.571. The summed E-state index contributed by atoms with van der Waals surface area (Å²) in [6, 6.07) is 0. The molecule has 48 heavy (non-hydrogen) atoms. The van der Waals surface area contributed by atoms with Crippen LogP contribution in [0.15, 0.2) is 25.3 Å². The van der Waals surface area contributed by atoms with E-state index >= 15 is 0 Å². The summed E-state index contributed by atoms with van der Waals surface area (Å²) < 4.78 is 26.4.